The molecule has 0 saturated carbocycles. The Morgan fingerprint density at radius 2 is 1.77 bits per heavy atom. The predicted octanol–water partition coefficient (Wildman–Crippen LogP) is 4.17. The van der Waals surface area contributed by atoms with Gasteiger partial charge in [0.25, 0.3) is 0 Å². The predicted molar refractivity (Wildman–Crippen MR) is 119 cm³/mol. The molecule has 1 atom stereocenters. The highest BCUT2D eigenvalue weighted by Crippen LogP contribution is 2.14. The van der Waals surface area contributed by atoms with Gasteiger partial charge in [-0.15, -0.1) is 0 Å². The Morgan fingerprint density at radius 3 is 2.47 bits per heavy atom. The Balaban J connectivity index is 1.93. The Morgan fingerprint density at radius 1 is 1.07 bits per heavy atom. The van der Waals surface area contributed by atoms with E-state index in [1.165, 1.54) is 18.2 Å². The van der Waals surface area contributed by atoms with Crippen LogP contribution in [-0.4, -0.2) is 29.6 Å². The number of thiocarbonyl (C=S) groups is 1. The monoisotopic (exact) mass is 431 g/mol. The van der Waals surface area contributed by atoms with Crippen LogP contribution >= 0.6 is 12.2 Å². The van der Waals surface area contributed by atoms with E-state index in [1.54, 1.807) is 13.0 Å². The van der Waals surface area contributed by atoms with Gasteiger partial charge in [-0.1, -0.05) is 54.7 Å². The minimum atomic E-state index is -0.860. The zero-order valence-corrected chi connectivity index (χ0v) is 17.6. The van der Waals surface area contributed by atoms with Crippen molar-refractivity contribution in [3.8, 4) is 0 Å². The number of alkyl carbamates (subject to hydrolysis) is 1. The molecular weight excluding hydrogens is 405 g/mol. The molecule has 0 radical (unpaired) electrons. The number of anilines is 1. The summed E-state index contributed by atoms with van der Waals surface area (Å²) in [6.45, 7) is 2.56. The molecule has 0 heterocycles. The van der Waals surface area contributed by atoms with Gasteiger partial charge in [0.1, 0.15) is 18.5 Å². The van der Waals surface area contributed by atoms with E-state index in [1.807, 2.05) is 30.3 Å². The Hall–Kier alpha value is -3.00. The van der Waals surface area contributed by atoms with Gasteiger partial charge in [-0.05, 0) is 43.9 Å². The molecule has 3 N–H and O–H groups in total. The van der Waals surface area contributed by atoms with E-state index >= 15 is 0 Å². The summed E-state index contributed by atoms with van der Waals surface area (Å²) in [5.74, 6) is -1.05. The van der Waals surface area contributed by atoms with Crippen LogP contribution < -0.4 is 16.0 Å². The standard InChI is InChI=1S/C22H26FN3O3S/c1-16(30)24-14-8-7-13-20(21(27)25-19-12-6-5-11-18(19)23)26-22(28)29-15-17-9-3-2-4-10-17/h2-6,9-12,20H,7-8,13-15H2,1H3,(H,24,30)(H,25,27)(H,26,28)/t20-/m0/s1. The van der Waals surface area contributed by atoms with E-state index in [4.69, 9.17) is 17.0 Å². The first kappa shape index (κ1) is 23.3. The summed E-state index contributed by atoms with van der Waals surface area (Å²) in [6, 6.07) is 14.2. The molecule has 0 spiro atoms. The van der Waals surface area contributed by atoms with Gasteiger partial charge in [0, 0.05) is 6.54 Å². The molecule has 160 valence electrons. The van der Waals surface area contributed by atoms with Gasteiger partial charge in [0.15, 0.2) is 0 Å². The Kier molecular flexibility index (Phi) is 9.73. The molecule has 0 bridgehead atoms. The van der Waals surface area contributed by atoms with Crippen molar-refractivity contribution >= 4 is 34.9 Å². The number of rotatable bonds is 10. The van der Waals surface area contributed by atoms with Gasteiger partial charge in [0.05, 0.1) is 10.7 Å². The number of ether oxygens (including phenoxy) is 1. The number of carbonyl (C=O) groups is 2. The van der Waals surface area contributed by atoms with Crippen LogP contribution in [0.3, 0.4) is 0 Å². The molecular formula is C22H26FN3O3S. The summed E-state index contributed by atoms with van der Waals surface area (Å²) in [5.41, 5.74) is 0.895. The largest absolute Gasteiger partial charge is 0.445 e. The maximum absolute atomic E-state index is 13.9. The van der Waals surface area contributed by atoms with E-state index in [2.05, 4.69) is 16.0 Å². The number of benzene rings is 2. The van der Waals surface area contributed by atoms with Crippen LogP contribution in [0.25, 0.3) is 0 Å². The van der Waals surface area contributed by atoms with Gasteiger partial charge < -0.3 is 20.7 Å². The highest BCUT2D eigenvalue weighted by molar-refractivity contribution is 7.80. The van der Waals surface area contributed by atoms with Crippen molar-refractivity contribution < 1.29 is 18.7 Å². The molecule has 8 heteroatoms. The smallest absolute Gasteiger partial charge is 0.408 e. The number of para-hydroxylation sites is 1. The molecule has 0 saturated heterocycles. The number of hydrogen-bond acceptors (Lipinski definition) is 4. The lowest BCUT2D eigenvalue weighted by Gasteiger charge is -2.19. The molecule has 0 unspecified atom stereocenters. The first-order valence-electron chi connectivity index (χ1n) is 9.72. The lowest BCUT2D eigenvalue weighted by Crippen LogP contribution is -2.44. The van der Waals surface area contributed by atoms with Crippen LogP contribution in [0.1, 0.15) is 31.7 Å². The number of hydrogen-bond donors (Lipinski definition) is 3. The lowest BCUT2D eigenvalue weighted by molar-refractivity contribution is -0.118. The molecule has 0 aromatic heterocycles. The van der Waals surface area contributed by atoms with Crippen molar-refractivity contribution in [2.75, 3.05) is 11.9 Å². The Bertz CT molecular complexity index is 849. The summed E-state index contributed by atoms with van der Waals surface area (Å²) >= 11 is 4.97. The second-order valence-corrected chi connectivity index (χ2v) is 7.32. The van der Waals surface area contributed by atoms with Gasteiger partial charge in [-0.2, -0.15) is 0 Å². The summed E-state index contributed by atoms with van der Waals surface area (Å²) in [5, 5.41) is 8.16. The highest BCUT2D eigenvalue weighted by Gasteiger charge is 2.22. The fraction of sp³-hybridized carbons (Fsp3) is 0.318. The topological polar surface area (TPSA) is 79.5 Å². The molecule has 6 nitrogen and oxygen atoms in total. The lowest BCUT2D eigenvalue weighted by atomic mass is 10.1. The number of amides is 2. The summed E-state index contributed by atoms with van der Waals surface area (Å²) in [4.78, 5) is 25.6. The van der Waals surface area contributed by atoms with Crippen molar-refractivity contribution in [1.29, 1.82) is 0 Å². The van der Waals surface area contributed by atoms with Crippen LogP contribution in [0.2, 0.25) is 0 Å². The van der Waals surface area contributed by atoms with E-state index in [-0.39, 0.29) is 12.3 Å². The number of carbonyl (C=O) groups excluding carboxylic acids is 2. The van der Waals surface area contributed by atoms with Crippen LogP contribution in [0.4, 0.5) is 14.9 Å². The molecule has 2 rings (SSSR count). The normalized spacial score (nSPS) is 11.3. The van der Waals surface area contributed by atoms with Crippen molar-refractivity contribution in [2.24, 2.45) is 0 Å². The zero-order valence-electron chi connectivity index (χ0n) is 16.8. The first-order valence-corrected chi connectivity index (χ1v) is 10.1. The number of halogens is 1. The van der Waals surface area contributed by atoms with Crippen LogP contribution in [0, 0.1) is 5.82 Å². The minimum absolute atomic E-state index is 0.0601. The molecule has 2 aromatic carbocycles. The highest BCUT2D eigenvalue weighted by atomic mass is 32.1. The third-order valence-electron chi connectivity index (χ3n) is 4.25. The van der Waals surface area contributed by atoms with E-state index in [9.17, 15) is 14.0 Å². The number of unbranched alkanes of at least 4 members (excludes halogenated alkanes) is 1. The third-order valence-corrected chi connectivity index (χ3v) is 4.39. The quantitative estimate of drug-likeness (QED) is 0.389. The minimum Gasteiger partial charge on any atom is -0.445 e. The molecule has 2 aromatic rings. The fourth-order valence-electron chi connectivity index (χ4n) is 2.70. The van der Waals surface area contributed by atoms with Crippen LogP contribution in [0.5, 0.6) is 0 Å². The van der Waals surface area contributed by atoms with Crippen molar-refractivity contribution in [3.63, 3.8) is 0 Å². The Labute approximate surface area is 181 Å². The van der Waals surface area contributed by atoms with E-state index < -0.39 is 23.9 Å². The SMILES string of the molecule is CC(=S)NCCCC[C@H](NC(=O)OCc1ccccc1)C(=O)Nc1ccccc1F. The van der Waals surface area contributed by atoms with Gasteiger partial charge >= 0.3 is 6.09 Å². The molecule has 0 aliphatic rings. The maximum Gasteiger partial charge on any atom is 0.408 e. The zero-order chi connectivity index (χ0) is 21.8. The first-order chi connectivity index (χ1) is 14.5. The van der Waals surface area contributed by atoms with Crippen molar-refractivity contribution in [2.45, 2.75) is 38.8 Å². The second kappa shape index (κ2) is 12.5. The molecule has 0 aliphatic carbocycles. The maximum atomic E-state index is 13.9. The second-order valence-electron chi connectivity index (χ2n) is 6.71. The summed E-state index contributed by atoms with van der Waals surface area (Å²) in [7, 11) is 0. The van der Waals surface area contributed by atoms with E-state index in [0.717, 1.165) is 12.0 Å². The van der Waals surface area contributed by atoms with Crippen molar-refractivity contribution in [1.82, 2.24) is 10.6 Å². The third kappa shape index (κ3) is 8.57. The van der Waals surface area contributed by atoms with Gasteiger partial charge in [0.2, 0.25) is 5.91 Å². The average Bonchev–Trinajstić information content (AvgIpc) is 2.73. The van der Waals surface area contributed by atoms with Gasteiger partial charge in [-0.3, -0.25) is 4.79 Å². The average molecular weight is 432 g/mol. The fourth-order valence-corrected chi connectivity index (χ4v) is 2.80. The number of nitrogens with one attached hydrogen (secondary N) is 3. The van der Waals surface area contributed by atoms with Crippen LogP contribution in [0.15, 0.2) is 54.6 Å². The summed E-state index contributed by atoms with van der Waals surface area (Å²) in [6.07, 6.45) is 1.08. The molecule has 2 amide bonds. The molecule has 0 fully saturated rings. The van der Waals surface area contributed by atoms with E-state index in [0.29, 0.717) is 24.4 Å². The molecule has 30 heavy (non-hydrogen) atoms. The summed E-state index contributed by atoms with van der Waals surface area (Å²) < 4.78 is 19.1. The van der Waals surface area contributed by atoms with Crippen molar-refractivity contribution in [3.05, 3.63) is 66.0 Å². The van der Waals surface area contributed by atoms with Crippen LogP contribution in [-0.2, 0) is 16.1 Å². The van der Waals surface area contributed by atoms with Gasteiger partial charge in [-0.25, -0.2) is 9.18 Å². The molecule has 0 aliphatic heterocycles.